The second kappa shape index (κ2) is 7.56. The minimum atomic E-state index is -0.245. The summed E-state index contributed by atoms with van der Waals surface area (Å²) < 4.78 is 7.33. The normalized spacial score (nSPS) is 11.3. The zero-order valence-corrected chi connectivity index (χ0v) is 17.0. The van der Waals surface area contributed by atoms with Crippen molar-refractivity contribution in [2.45, 2.75) is 19.9 Å². The van der Waals surface area contributed by atoms with Crippen LogP contribution in [0.1, 0.15) is 30.2 Å². The lowest BCUT2D eigenvalue weighted by molar-refractivity contribution is 0.102. The van der Waals surface area contributed by atoms with Crippen molar-refractivity contribution >= 4 is 22.6 Å². The number of hydrogen-bond donors (Lipinski definition) is 2. The van der Waals surface area contributed by atoms with E-state index in [-0.39, 0.29) is 11.9 Å². The molecule has 4 heterocycles. The standard InChI is InChI=1S/C23H20N6O2/c1-14(2)29-22-18(13-25-29)17(12-20(27-22)21-7-4-10-31-21)23(30)26-16-6-3-5-15(11-16)19-8-9-24-28-19/h3-14H,1-2H3,(H,24,28)(H,26,30). The van der Waals surface area contributed by atoms with E-state index in [2.05, 4.69) is 20.6 Å². The van der Waals surface area contributed by atoms with Crippen LogP contribution in [-0.2, 0) is 0 Å². The van der Waals surface area contributed by atoms with Gasteiger partial charge in [0.1, 0.15) is 5.69 Å². The molecule has 0 aliphatic heterocycles. The van der Waals surface area contributed by atoms with E-state index in [1.807, 2.05) is 50.2 Å². The second-order valence-corrected chi connectivity index (χ2v) is 7.46. The number of aromatic nitrogens is 5. The maximum atomic E-state index is 13.3. The van der Waals surface area contributed by atoms with Gasteiger partial charge < -0.3 is 9.73 Å². The summed E-state index contributed by atoms with van der Waals surface area (Å²) in [6.45, 7) is 4.04. The van der Waals surface area contributed by atoms with Crippen molar-refractivity contribution in [2.24, 2.45) is 0 Å². The van der Waals surface area contributed by atoms with Crippen LogP contribution in [0.2, 0.25) is 0 Å². The maximum absolute atomic E-state index is 13.3. The van der Waals surface area contributed by atoms with Crippen molar-refractivity contribution in [3.63, 3.8) is 0 Å². The van der Waals surface area contributed by atoms with Crippen molar-refractivity contribution in [1.29, 1.82) is 0 Å². The van der Waals surface area contributed by atoms with Gasteiger partial charge in [0.15, 0.2) is 11.4 Å². The molecule has 154 valence electrons. The summed E-state index contributed by atoms with van der Waals surface area (Å²) in [5.41, 5.74) is 4.18. The van der Waals surface area contributed by atoms with Crippen LogP contribution in [0.25, 0.3) is 33.7 Å². The van der Waals surface area contributed by atoms with Gasteiger partial charge in [-0.1, -0.05) is 12.1 Å². The Morgan fingerprint density at radius 3 is 2.81 bits per heavy atom. The first-order valence-corrected chi connectivity index (χ1v) is 9.93. The molecule has 31 heavy (non-hydrogen) atoms. The number of anilines is 1. The van der Waals surface area contributed by atoms with E-state index < -0.39 is 0 Å². The molecule has 0 aliphatic carbocycles. The van der Waals surface area contributed by atoms with Gasteiger partial charge in [0, 0.05) is 23.5 Å². The molecular weight excluding hydrogens is 392 g/mol. The smallest absolute Gasteiger partial charge is 0.256 e. The summed E-state index contributed by atoms with van der Waals surface area (Å²) in [7, 11) is 0. The Balaban J connectivity index is 1.56. The fourth-order valence-corrected chi connectivity index (χ4v) is 3.51. The lowest BCUT2D eigenvalue weighted by Crippen LogP contribution is -2.13. The van der Waals surface area contributed by atoms with Crippen LogP contribution in [0.15, 0.2) is 71.6 Å². The third-order valence-electron chi connectivity index (χ3n) is 5.01. The summed E-state index contributed by atoms with van der Waals surface area (Å²) in [5.74, 6) is 0.346. The van der Waals surface area contributed by atoms with Gasteiger partial charge in [-0.2, -0.15) is 10.2 Å². The van der Waals surface area contributed by atoms with E-state index in [1.54, 1.807) is 35.5 Å². The predicted octanol–water partition coefficient (Wildman–Crippen LogP) is 4.91. The monoisotopic (exact) mass is 412 g/mol. The van der Waals surface area contributed by atoms with E-state index in [0.29, 0.717) is 33.7 Å². The van der Waals surface area contributed by atoms with Gasteiger partial charge in [0.05, 0.1) is 29.1 Å². The number of pyridine rings is 1. The number of rotatable bonds is 5. The van der Waals surface area contributed by atoms with Crippen molar-refractivity contribution in [3.8, 4) is 22.7 Å². The van der Waals surface area contributed by atoms with Gasteiger partial charge in [-0.3, -0.25) is 9.89 Å². The number of nitrogens with zero attached hydrogens (tertiary/aromatic N) is 4. The highest BCUT2D eigenvalue weighted by molar-refractivity contribution is 6.12. The molecule has 4 aromatic heterocycles. The summed E-state index contributed by atoms with van der Waals surface area (Å²) in [6.07, 6.45) is 4.96. The van der Waals surface area contributed by atoms with E-state index >= 15 is 0 Å². The molecule has 0 unspecified atom stereocenters. The molecule has 5 aromatic rings. The first-order valence-electron chi connectivity index (χ1n) is 9.93. The first kappa shape index (κ1) is 18.8. The van der Waals surface area contributed by atoms with Gasteiger partial charge in [0.2, 0.25) is 0 Å². The molecule has 2 N–H and O–H groups in total. The summed E-state index contributed by atoms with van der Waals surface area (Å²) in [4.78, 5) is 18.0. The summed E-state index contributed by atoms with van der Waals surface area (Å²) in [5, 5.41) is 15.0. The number of aromatic amines is 1. The van der Waals surface area contributed by atoms with E-state index in [1.165, 1.54) is 0 Å². The number of fused-ring (bicyclic) bond motifs is 1. The zero-order chi connectivity index (χ0) is 21.4. The lowest BCUT2D eigenvalue weighted by atomic mass is 10.1. The molecule has 8 nitrogen and oxygen atoms in total. The number of benzene rings is 1. The minimum Gasteiger partial charge on any atom is -0.463 e. The van der Waals surface area contributed by atoms with Gasteiger partial charge >= 0.3 is 0 Å². The van der Waals surface area contributed by atoms with Crippen molar-refractivity contribution in [3.05, 3.63) is 72.8 Å². The molecule has 5 rings (SSSR count). The third kappa shape index (κ3) is 3.48. The number of furan rings is 1. The molecule has 0 saturated heterocycles. The number of H-pyrrole nitrogens is 1. The molecular formula is C23H20N6O2. The van der Waals surface area contributed by atoms with Crippen LogP contribution in [-0.4, -0.2) is 30.9 Å². The lowest BCUT2D eigenvalue weighted by Gasteiger charge is -2.11. The molecule has 8 heteroatoms. The van der Waals surface area contributed by atoms with Crippen LogP contribution in [0, 0.1) is 0 Å². The molecule has 0 saturated carbocycles. The SMILES string of the molecule is CC(C)n1ncc2c(C(=O)Nc3cccc(-c4ccn[nH]4)c3)cc(-c3ccco3)nc21. The number of carbonyl (C=O) groups is 1. The molecule has 0 spiro atoms. The molecule has 0 atom stereocenters. The summed E-state index contributed by atoms with van der Waals surface area (Å²) >= 11 is 0. The molecule has 0 bridgehead atoms. The predicted molar refractivity (Wildman–Crippen MR) is 118 cm³/mol. The largest absolute Gasteiger partial charge is 0.463 e. The Hall–Kier alpha value is -4.20. The van der Waals surface area contributed by atoms with Crippen LogP contribution in [0.5, 0.6) is 0 Å². The quantitative estimate of drug-likeness (QED) is 0.427. The third-order valence-corrected chi connectivity index (χ3v) is 5.01. The fraction of sp³-hybridized carbons (Fsp3) is 0.130. The Morgan fingerprint density at radius 2 is 2.06 bits per heavy atom. The first-order chi connectivity index (χ1) is 15.1. The van der Waals surface area contributed by atoms with E-state index in [0.717, 1.165) is 11.3 Å². The summed E-state index contributed by atoms with van der Waals surface area (Å²) in [6, 6.07) is 14.9. The molecule has 1 aromatic carbocycles. The molecule has 0 fully saturated rings. The van der Waals surface area contributed by atoms with E-state index in [4.69, 9.17) is 9.40 Å². The fourth-order valence-electron chi connectivity index (χ4n) is 3.51. The van der Waals surface area contributed by atoms with Gasteiger partial charge in [-0.25, -0.2) is 9.67 Å². The van der Waals surface area contributed by atoms with Crippen LogP contribution in [0.3, 0.4) is 0 Å². The Bertz CT molecular complexity index is 1350. The van der Waals surface area contributed by atoms with Gasteiger partial charge in [-0.05, 0) is 50.2 Å². The number of carbonyl (C=O) groups excluding carboxylic acids is 1. The molecule has 0 radical (unpaired) electrons. The van der Waals surface area contributed by atoms with Crippen LogP contribution < -0.4 is 5.32 Å². The molecule has 0 aliphatic rings. The number of amides is 1. The minimum absolute atomic E-state index is 0.0962. The van der Waals surface area contributed by atoms with Gasteiger partial charge in [-0.15, -0.1) is 0 Å². The highest BCUT2D eigenvalue weighted by Gasteiger charge is 2.19. The topological polar surface area (TPSA) is 102 Å². The highest BCUT2D eigenvalue weighted by atomic mass is 16.3. The zero-order valence-electron chi connectivity index (χ0n) is 17.0. The Kier molecular flexibility index (Phi) is 4.59. The number of hydrogen-bond acceptors (Lipinski definition) is 5. The van der Waals surface area contributed by atoms with Crippen molar-refractivity contribution in [1.82, 2.24) is 25.0 Å². The van der Waals surface area contributed by atoms with Gasteiger partial charge in [0.25, 0.3) is 5.91 Å². The Morgan fingerprint density at radius 1 is 1.16 bits per heavy atom. The van der Waals surface area contributed by atoms with Crippen LogP contribution in [0.4, 0.5) is 5.69 Å². The average Bonchev–Trinajstić information content (AvgIpc) is 3.54. The van der Waals surface area contributed by atoms with Crippen molar-refractivity contribution in [2.75, 3.05) is 5.32 Å². The average molecular weight is 412 g/mol. The second-order valence-electron chi connectivity index (χ2n) is 7.46. The van der Waals surface area contributed by atoms with Crippen LogP contribution >= 0.6 is 0 Å². The van der Waals surface area contributed by atoms with Crippen molar-refractivity contribution < 1.29 is 9.21 Å². The molecule has 1 amide bonds. The number of nitrogens with one attached hydrogen (secondary N) is 2. The Labute approximate surface area is 177 Å². The van der Waals surface area contributed by atoms with E-state index in [9.17, 15) is 4.79 Å². The maximum Gasteiger partial charge on any atom is 0.256 e. The highest BCUT2D eigenvalue weighted by Crippen LogP contribution is 2.28.